The molecule has 0 spiro atoms. The topological polar surface area (TPSA) is 43.9 Å². The van der Waals surface area contributed by atoms with Crippen LogP contribution in [0.15, 0.2) is 0 Å². The van der Waals surface area contributed by atoms with Gasteiger partial charge in [-0.2, -0.15) is 0 Å². The molecule has 2 amide bonds. The van der Waals surface area contributed by atoms with E-state index in [0.29, 0.717) is 18.2 Å². The zero-order valence-electron chi connectivity index (χ0n) is 18.6. The number of carbonyl (C=O) groups is 2. The van der Waals surface area contributed by atoms with Crippen LogP contribution in [0.2, 0.25) is 0 Å². The minimum Gasteiger partial charge on any atom is -0.341 e. The number of piperazine rings is 1. The molecule has 0 aromatic heterocycles. The number of nitrogens with zero attached hydrogens (tertiary/aromatic N) is 3. The average Bonchev–Trinajstić information content (AvgIpc) is 3.16. The summed E-state index contributed by atoms with van der Waals surface area (Å²) in [5, 5.41) is 0. The zero-order valence-corrected chi connectivity index (χ0v) is 18.6. The van der Waals surface area contributed by atoms with E-state index < -0.39 is 0 Å². The van der Waals surface area contributed by atoms with E-state index in [4.69, 9.17) is 0 Å². The lowest BCUT2D eigenvalue weighted by molar-refractivity contribution is -0.143. The van der Waals surface area contributed by atoms with Gasteiger partial charge in [0.05, 0.1) is 6.04 Å². The second kappa shape index (κ2) is 9.15. The molecule has 5 heteroatoms. The Labute approximate surface area is 171 Å². The van der Waals surface area contributed by atoms with Crippen molar-refractivity contribution in [2.45, 2.75) is 78.7 Å². The summed E-state index contributed by atoms with van der Waals surface area (Å²) in [5.74, 6) is 1.88. The summed E-state index contributed by atoms with van der Waals surface area (Å²) < 4.78 is 0. The molecule has 3 rings (SSSR count). The molecule has 2 aliphatic heterocycles. The van der Waals surface area contributed by atoms with Crippen LogP contribution in [0.5, 0.6) is 0 Å². The summed E-state index contributed by atoms with van der Waals surface area (Å²) >= 11 is 0. The van der Waals surface area contributed by atoms with Crippen molar-refractivity contribution in [1.29, 1.82) is 0 Å². The lowest BCUT2D eigenvalue weighted by Gasteiger charge is -2.43. The molecule has 0 aromatic rings. The number of carbonyl (C=O) groups excluding carboxylic acids is 2. The van der Waals surface area contributed by atoms with Crippen molar-refractivity contribution in [2.24, 2.45) is 17.3 Å². The maximum Gasteiger partial charge on any atom is 0.240 e. The second-order valence-electron chi connectivity index (χ2n) is 10.7. The average molecular weight is 392 g/mol. The Hall–Kier alpha value is -1.10. The van der Waals surface area contributed by atoms with Crippen LogP contribution < -0.4 is 0 Å². The van der Waals surface area contributed by atoms with E-state index in [0.717, 1.165) is 58.0 Å². The number of hydrogen-bond acceptors (Lipinski definition) is 3. The van der Waals surface area contributed by atoms with E-state index in [2.05, 4.69) is 37.5 Å². The van der Waals surface area contributed by atoms with E-state index in [1.165, 1.54) is 25.7 Å². The fourth-order valence-corrected chi connectivity index (χ4v) is 5.16. The smallest absolute Gasteiger partial charge is 0.240 e. The Kier molecular flexibility index (Phi) is 7.06. The molecule has 0 aromatic carbocycles. The maximum absolute atomic E-state index is 13.5. The van der Waals surface area contributed by atoms with Crippen molar-refractivity contribution in [3.63, 3.8) is 0 Å². The predicted molar refractivity (Wildman–Crippen MR) is 113 cm³/mol. The molecule has 1 atom stereocenters. The third-order valence-electron chi connectivity index (χ3n) is 6.94. The van der Waals surface area contributed by atoms with Gasteiger partial charge in [0.25, 0.3) is 0 Å². The number of rotatable bonds is 4. The van der Waals surface area contributed by atoms with Gasteiger partial charge in [0.1, 0.15) is 0 Å². The van der Waals surface area contributed by atoms with Gasteiger partial charge in [0.2, 0.25) is 11.8 Å². The highest BCUT2D eigenvalue weighted by Gasteiger charge is 2.40. The van der Waals surface area contributed by atoms with Crippen LogP contribution in [-0.2, 0) is 9.59 Å². The van der Waals surface area contributed by atoms with Gasteiger partial charge in [-0.15, -0.1) is 0 Å². The summed E-state index contributed by atoms with van der Waals surface area (Å²) in [6.07, 6.45) is 7.76. The third-order valence-corrected chi connectivity index (χ3v) is 6.94. The van der Waals surface area contributed by atoms with Gasteiger partial charge in [0, 0.05) is 45.7 Å². The van der Waals surface area contributed by atoms with Gasteiger partial charge < -0.3 is 9.80 Å². The Morgan fingerprint density at radius 1 is 0.857 bits per heavy atom. The van der Waals surface area contributed by atoms with Gasteiger partial charge in [-0.1, -0.05) is 40.5 Å². The molecule has 160 valence electrons. The lowest BCUT2D eigenvalue weighted by atomic mass is 9.91. The SMILES string of the molecule is CC1CCN(C(=O)[C@@H](C2CCCC2)N2CCN(C(=O)CC(C)(C)C)CC2)CC1. The van der Waals surface area contributed by atoms with E-state index >= 15 is 0 Å². The summed E-state index contributed by atoms with van der Waals surface area (Å²) in [4.78, 5) is 32.7. The molecule has 28 heavy (non-hydrogen) atoms. The second-order valence-corrected chi connectivity index (χ2v) is 10.7. The van der Waals surface area contributed by atoms with Gasteiger partial charge in [-0.3, -0.25) is 14.5 Å². The predicted octanol–water partition coefficient (Wildman–Crippen LogP) is 3.38. The van der Waals surface area contributed by atoms with Crippen LogP contribution in [0.25, 0.3) is 0 Å². The quantitative estimate of drug-likeness (QED) is 0.738. The highest BCUT2D eigenvalue weighted by atomic mass is 16.2. The molecule has 0 N–H and O–H groups in total. The van der Waals surface area contributed by atoms with Gasteiger partial charge >= 0.3 is 0 Å². The van der Waals surface area contributed by atoms with E-state index in [9.17, 15) is 9.59 Å². The summed E-state index contributed by atoms with van der Waals surface area (Å²) in [7, 11) is 0. The first-order valence-electron chi connectivity index (χ1n) is 11.6. The molecule has 0 radical (unpaired) electrons. The highest BCUT2D eigenvalue weighted by Crippen LogP contribution is 2.33. The Morgan fingerprint density at radius 2 is 1.43 bits per heavy atom. The van der Waals surface area contributed by atoms with Crippen molar-refractivity contribution >= 4 is 11.8 Å². The van der Waals surface area contributed by atoms with Crippen molar-refractivity contribution in [1.82, 2.24) is 14.7 Å². The third kappa shape index (κ3) is 5.49. The van der Waals surface area contributed by atoms with Crippen molar-refractivity contribution < 1.29 is 9.59 Å². The molecular formula is C23H41N3O2. The fraction of sp³-hybridized carbons (Fsp3) is 0.913. The minimum atomic E-state index is 0.0297. The summed E-state index contributed by atoms with van der Waals surface area (Å²) in [6.45, 7) is 13.7. The fourth-order valence-electron chi connectivity index (χ4n) is 5.16. The van der Waals surface area contributed by atoms with Crippen LogP contribution >= 0.6 is 0 Å². The molecule has 3 aliphatic rings. The number of amides is 2. The van der Waals surface area contributed by atoms with E-state index in [-0.39, 0.29) is 17.4 Å². The largest absolute Gasteiger partial charge is 0.341 e. The van der Waals surface area contributed by atoms with Crippen molar-refractivity contribution in [3.8, 4) is 0 Å². The monoisotopic (exact) mass is 391 g/mol. The summed E-state index contributed by atoms with van der Waals surface area (Å²) in [6, 6.07) is 0.0378. The van der Waals surface area contributed by atoms with Crippen molar-refractivity contribution in [3.05, 3.63) is 0 Å². The lowest BCUT2D eigenvalue weighted by Crippen LogP contribution is -2.59. The Morgan fingerprint density at radius 3 is 1.96 bits per heavy atom. The number of hydrogen-bond donors (Lipinski definition) is 0. The summed E-state index contributed by atoms with van der Waals surface area (Å²) in [5.41, 5.74) is 0.0297. The molecule has 2 saturated heterocycles. The molecular weight excluding hydrogens is 350 g/mol. The van der Waals surface area contributed by atoms with Crippen LogP contribution in [0.4, 0.5) is 0 Å². The van der Waals surface area contributed by atoms with Crippen LogP contribution in [0.1, 0.15) is 72.6 Å². The molecule has 5 nitrogen and oxygen atoms in total. The molecule has 2 heterocycles. The minimum absolute atomic E-state index is 0.0297. The number of piperidine rings is 1. The van der Waals surface area contributed by atoms with Gasteiger partial charge in [0.15, 0.2) is 0 Å². The Bertz CT molecular complexity index is 535. The first-order valence-corrected chi connectivity index (χ1v) is 11.6. The standard InChI is InChI=1S/C23H41N3O2/c1-18-9-11-26(12-10-18)22(28)21(19-7-5-6-8-19)25-15-13-24(14-16-25)20(27)17-23(2,3)4/h18-19,21H,5-17H2,1-4H3/t21-/m1/s1. The Balaban J connectivity index is 1.62. The molecule has 3 fully saturated rings. The van der Waals surface area contributed by atoms with Crippen molar-refractivity contribution in [2.75, 3.05) is 39.3 Å². The molecule has 1 saturated carbocycles. The van der Waals surface area contributed by atoms with Crippen LogP contribution in [0.3, 0.4) is 0 Å². The first-order chi connectivity index (χ1) is 13.2. The normalized spacial score (nSPS) is 24.6. The molecule has 1 aliphatic carbocycles. The van der Waals surface area contributed by atoms with E-state index in [1.807, 2.05) is 4.90 Å². The molecule has 0 bridgehead atoms. The van der Waals surface area contributed by atoms with Crippen LogP contribution in [-0.4, -0.2) is 71.8 Å². The van der Waals surface area contributed by atoms with Gasteiger partial charge in [-0.25, -0.2) is 0 Å². The van der Waals surface area contributed by atoms with E-state index in [1.54, 1.807) is 0 Å². The van der Waals surface area contributed by atoms with Gasteiger partial charge in [-0.05, 0) is 42.9 Å². The molecule has 0 unspecified atom stereocenters. The number of likely N-dealkylation sites (tertiary alicyclic amines) is 1. The first kappa shape index (κ1) is 21.6. The highest BCUT2D eigenvalue weighted by molar-refractivity contribution is 5.82. The maximum atomic E-state index is 13.5. The van der Waals surface area contributed by atoms with Crippen LogP contribution in [0, 0.1) is 17.3 Å². The zero-order chi connectivity index (χ0) is 20.3.